The van der Waals surface area contributed by atoms with E-state index in [4.69, 9.17) is 10.5 Å². The minimum Gasteiger partial charge on any atom is -0.496 e. The van der Waals surface area contributed by atoms with Gasteiger partial charge in [-0.05, 0) is 26.0 Å². The number of nitrogens with zero attached hydrogens (tertiary/aromatic N) is 2. The highest BCUT2D eigenvalue weighted by Crippen LogP contribution is 2.24. The third-order valence-corrected chi connectivity index (χ3v) is 2.59. The van der Waals surface area contributed by atoms with Crippen molar-refractivity contribution >= 4 is 0 Å². The summed E-state index contributed by atoms with van der Waals surface area (Å²) in [6.45, 7) is 5.63. The van der Waals surface area contributed by atoms with Crippen molar-refractivity contribution < 1.29 is 4.74 Å². The monoisotopic (exact) mass is 207 g/mol. The molecule has 0 saturated heterocycles. The Hall–Kier alpha value is -1.29. The molecule has 0 radical (unpaired) electrons. The molecular formula is C11H17N3O. The van der Waals surface area contributed by atoms with E-state index in [-0.39, 0.29) is 6.04 Å². The molecule has 1 aromatic heterocycles. The van der Waals surface area contributed by atoms with E-state index in [1.54, 1.807) is 0 Å². The number of hydrogen-bond acceptors (Lipinski definition) is 3. The van der Waals surface area contributed by atoms with Crippen molar-refractivity contribution in [2.24, 2.45) is 5.73 Å². The van der Waals surface area contributed by atoms with E-state index >= 15 is 0 Å². The zero-order valence-corrected chi connectivity index (χ0v) is 9.23. The lowest BCUT2D eigenvalue weighted by Crippen LogP contribution is -2.18. The van der Waals surface area contributed by atoms with Gasteiger partial charge in [-0.2, -0.15) is 5.10 Å². The molecule has 4 heteroatoms. The Labute approximate surface area is 89.7 Å². The fourth-order valence-electron chi connectivity index (χ4n) is 1.87. The molecular weight excluding hydrogens is 190 g/mol. The average molecular weight is 207 g/mol. The largest absolute Gasteiger partial charge is 0.496 e. The van der Waals surface area contributed by atoms with Crippen LogP contribution in [0.2, 0.25) is 0 Å². The van der Waals surface area contributed by atoms with Crippen LogP contribution in [0.15, 0.2) is 17.9 Å². The van der Waals surface area contributed by atoms with Crippen LogP contribution in [-0.2, 0) is 11.3 Å². The fraction of sp³-hybridized carbons (Fsp3) is 0.545. The van der Waals surface area contributed by atoms with Crippen LogP contribution in [0.25, 0.3) is 0 Å². The van der Waals surface area contributed by atoms with E-state index < -0.39 is 0 Å². The summed E-state index contributed by atoms with van der Waals surface area (Å²) >= 11 is 0. The highest BCUT2D eigenvalue weighted by molar-refractivity contribution is 5.22. The average Bonchev–Trinajstić information content (AvgIpc) is 2.84. The van der Waals surface area contributed by atoms with E-state index in [1.165, 1.54) is 0 Å². The number of aromatic nitrogens is 2. The van der Waals surface area contributed by atoms with Crippen LogP contribution in [0, 0.1) is 6.92 Å². The predicted octanol–water partition coefficient (Wildman–Crippen LogP) is 1.52. The maximum Gasteiger partial charge on any atom is 0.115 e. The number of rotatable bonds is 3. The van der Waals surface area contributed by atoms with Crippen molar-refractivity contribution in [3.8, 4) is 0 Å². The third-order valence-electron chi connectivity index (χ3n) is 2.59. The molecule has 2 N–H and O–H groups in total. The minimum absolute atomic E-state index is 0.173. The second kappa shape index (κ2) is 4.06. The molecule has 1 unspecified atom stereocenters. The van der Waals surface area contributed by atoms with Crippen LogP contribution in [0.3, 0.4) is 0 Å². The summed E-state index contributed by atoms with van der Waals surface area (Å²) in [5.41, 5.74) is 8.17. The van der Waals surface area contributed by atoms with Gasteiger partial charge in [-0.25, -0.2) is 0 Å². The molecule has 15 heavy (non-hydrogen) atoms. The van der Waals surface area contributed by atoms with Crippen molar-refractivity contribution in [3.63, 3.8) is 0 Å². The predicted molar refractivity (Wildman–Crippen MR) is 58.2 cm³/mol. The minimum atomic E-state index is -0.173. The van der Waals surface area contributed by atoms with Gasteiger partial charge in [0.1, 0.15) is 11.8 Å². The van der Waals surface area contributed by atoms with Gasteiger partial charge >= 0.3 is 0 Å². The normalized spacial score (nSPS) is 17.4. The number of nitrogens with two attached hydrogens (primary N) is 1. The lowest BCUT2D eigenvalue weighted by atomic mass is 10.1. The van der Waals surface area contributed by atoms with Gasteiger partial charge in [-0.3, -0.25) is 4.68 Å². The zero-order valence-electron chi connectivity index (χ0n) is 9.23. The second-order valence-electron chi connectivity index (χ2n) is 3.75. The molecule has 1 atom stereocenters. The Balaban J connectivity index is 2.27. The Bertz CT molecular complexity index is 381. The number of aryl methyl sites for hydroxylation is 2. The van der Waals surface area contributed by atoms with E-state index in [9.17, 15) is 0 Å². The van der Waals surface area contributed by atoms with Gasteiger partial charge in [0.2, 0.25) is 0 Å². The highest BCUT2D eigenvalue weighted by Gasteiger charge is 2.20. The van der Waals surface area contributed by atoms with Gasteiger partial charge in [-0.15, -0.1) is 0 Å². The van der Waals surface area contributed by atoms with Gasteiger partial charge < -0.3 is 10.5 Å². The smallest absolute Gasteiger partial charge is 0.115 e. The van der Waals surface area contributed by atoms with Gasteiger partial charge in [0, 0.05) is 13.0 Å². The van der Waals surface area contributed by atoms with Crippen LogP contribution in [-0.4, -0.2) is 16.4 Å². The number of hydrogen-bond donors (Lipinski definition) is 1. The van der Waals surface area contributed by atoms with E-state index in [1.807, 2.05) is 17.7 Å². The van der Waals surface area contributed by atoms with Crippen molar-refractivity contribution in [2.45, 2.75) is 32.9 Å². The molecule has 0 bridgehead atoms. The topological polar surface area (TPSA) is 53.1 Å². The Morgan fingerprint density at radius 2 is 2.47 bits per heavy atom. The van der Waals surface area contributed by atoms with Gasteiger partial charge in [0.05, 0.1) is 18.0 Å². The van der Waals surface area contributed by atoms with Crippen molar-refractivity contribution in [3.05, 3.63) is 29.3 Å². The molecule has 2 rings (SSSR count). The first-order valence-electron chi connectivity index (χ1n) is 5.35. The first-order valence-corrected chi connectivity index (χ1v) is 5.35. The summed E-state index contributed by atoms with van der Waals surface area (Å²) in [7, 11) is 0. The van der Waals surface area contributed by atoms with Crippen LogP contribution in [0.1, 0.15) is 30.8 Å². The number of ether oxygens (including phenoxy) is 1. The van der Waals surface area contributed by atoms with Crippen LogP contribution >= 0.6 is 0 Å². The molecule has 0 saturated carbocycles. The Morgan fingerprint density at radius 1 is 1.67 bits per heavy atom. The summed E-state index contributed by atoms with van der Waals surface area (Å²) in [5.74, 6) is 0.879. The third kappa shape index (κ3) is 1.90. The fourth-order valence-corrected chi connectivity index (χ4v) is 1.87. The molecule has 0 fully saturated rings. The molecule has 0 aromatic carbocycles. The van der Waals surface area contributed by atoms with Gasteiger partial charge in [0.25, 0.3) is 0 Å². The summed E-state index contributed by atoms with van der Waals surface area (Å²) in [5, 5.41) is 4.38. The molecule has 0 aliphatic carbocycles. The molecule has 82 valence electrons. The zero-order chi connectivity index (χ0) is 10.8. The van der Waals surface area contributed by atoms with Crippen molar-refractivity contribution in [1.82, 2.24) is 9.78 Å². The van der Waals surface area contributed by atoms with Crippen LogP contribution in [0.4, 0.5) is 0 Å². The lowest BCUT2D eigenvalue weighted by molar-refractivity contribution is 0.223. The lowest BCUT2D eigenvalue weighted by Gasteiger charge is -2.14. The quantitative estimate of drug-likeness (QED) is 0.817. The maximum absolute atomic E-state index is 6.14. The maximum atomic E-state index is 6.14. The highest BCUT2D eigenvalue weighted by atomic mass is 16.5. The van der Waals surface area contributed by atoms with E-state index in [0.717, 1.165) is 36.7 Å². The van der Waals surface area contributed by atoms with Gasteiger partial charge in [-0.1, -0.05) is 0 Å². The molecule has 4 nitrogen and oxygen atoms in total. The summed E-state index contributed by atoms with van der Waals surface area (Å²) in [6.07, 6.45) is 3.02. The van der Waals surface area contributed by atoms with Crippen molar-refractivity contribution in [1.29, 1.82) is 0 Å². The molecule has 1 aliphatic rings. The SMILES string of the molecule is CCn1nc(C)cc1C(N)C1=CCCO1. The van der Waals surface area contributed by atoms with E-state index in [2.05, 4.69) is 18.1 Å². The molecule has 0 amide bonds. The van der Waals surface area contributed by atoms with Gasteiger partial charge in [0.15, 0.2) is 0 Å². The molecule has 1 aromatic rings. The standard InChI is InChI=1S/C11H17N3O/c1-3-14-9(7-8(2)13-14)11(12)10-5-4-6-15-10/h5,7,11H,3-4,6,12H2,1-2H3. The molecule has 2 heterocycles. The molecule has 0 spiro atoms. The Kier molecular flexibility index (Phi) is 2.77. The first kappa shape index (κ1) is 10.2. The van der Waals surface area contributed by atoms with Crippen LogP contribution < -0.4 is 5.73 Å². The van der Waals surface area contributed by atoms with Crippen molar-refractivity contribution in [2.75, 3.05) is 6.61 Å². The van der Waals surface area contributed by atoms with E-state index in [0.29, 0.717) is 0 Å². The first-order chi connectivity index (χ1) is 7.22. The summed E-state index contributed by atoms with van der Waals surface area (Å²) in [6, 6.07) is 1.85. The molecule has 1 aliphatic heterocycles. The Morgan fingerprint density at radius 3 is 3.07 bits per heavy atom. The summed E-state index contributed by atoms with van der Waals surface area (Å²) in [4.78, 5) is 0. The van der Waals surface area contributed by atoms with Crippen LogP contribution in [0.5, 0.6) is 0 Å². The second-order valence-corrected chi connectivity index (χ2v) is 3.75. The summed E-state index contributed by atoms with van der Waals surface area (Å²) < 4.78 is 7.41.